The van der Waals surface area contributed by atoms with E-state index in [0.29, 0.717) is 28.4 Å². The molecule has 194 valence electrons. The van der Waals surface area contributed by atoms with E-state index in [1.165, 1.54) is 12.1 Å². The number of carbonyl (C=O) groups excluding carboxylic acids is 3. The molecular formula is C25H22Cl3N3O5S. The zero-order valence-corrected chi connectivity index (χ0v) is 23.1. The van der Waals surface area contributed by atoms with Crippen molar-refractivity contribution in [2.75, 3.05) is 24.8 Å². The third kappa shape index (κ3) is 6.33. The maximum Gasteiger partial charge on any atom is 0.319 e. The maximum absolute atomic E-state index is 13.0. The molecular weight excluding hydrogens is 561 g/mol. The monoisotopic (exact) mass is 581 g/mol. The zero-order chi connectivity index (χ0) is 27.3. The fraction of sp³-hybridized carbons (Fsp3) is 0.280. The zero-order valence-electron chi connectivity index (χ0n) is 20.0. The summed E-state index contributed by atoms with van der Waals surface area (Å²) in [5, 5.41) is 16.3. The average molecular weight is 583 g/mol. The Kier molecular flexibility index (Phi) is 9.74. The normalized spacial score (nSPS) is 17.1. The van der Waals surface area contributed by atoms with Gasteiger partial charge in [0.1, 0.15) is 5.92 Å². The summed E-state index contributed by atoms with van der Waals surface area (Å²) < 4.78 is 10.3. The summed E-state index contributed by atoms with van der Waals surface area (Å²) in [5.74, 6) is -4.23. The van der Waals surface area contributed by atoms with E-state index in [0.717, 1.165) is 18.9 Å². The van der Waals surface area contributed by atoms with E-state index in [1.54, 1.807) is 32.0 Å². The second-order valence-electron chi connectivity index (χ2n) is 7.82. The van der Waals surface area contributed by atoms with Crippen LogP contribution in [0.5, 0.6) is 5.75 Å². The Bertz CT molecular complexity index is 1300. The van der Waals surface area contributed by atoms with Crippen LogP contribution in [0.4, 0.5) is 5.69 Å². The number of rotatable bonds is 8. The van der Waals surface area contributed by atoms with Gasteiger partial charge in [-0.1, -0.05) is 52.6 Å². The third-order valence-corrected chi connectivity index (χ3v) is 7.53. The van der Waals surface area contributed by atoms with Gasteiger partial charge in [-0.15, -0.1) is 0 Å². The molecule has 2 N–H and O–H groups in total. The highest BCUT2D eigenvalue weighted by atomic mass is 35.5. The summed E-state index contributed by atoms with van der Waals surface area (Å²) in [4.78, 5) is 38.3. The highest BCUT2D eigenvalue weighted by molar-refractivity contribution is 8.03. The number of amides is 2. The molecule has 2 amide bonds. The average Bonchev–Trinajstić information content (AvgIpc) is 2.86. The van der Waals surface area contributed by atoms with Gasteiger partial charge < -0.3 is 20.1 Å². The first kappa shape index (κ1) is 28.7. The molecule has 0 unspecified atom stereocenters. The van der Waals surface area contributed by atoms with Gasteiger partial charge in [0.2, 0.25) is 11.8 Å². The number of hydrogen-bond acceptors (Lipinski definition) is 7. The van der Waals surface area contributed by atoms with Crippen molar-refractivity contribution in [2.45, 2.75) is 19.8 Å². The Morgan fingerprint density at radius 3 is 2.46 bits per heavy atom. The Morgan fingerprint density at radius 1 is 1.19 bits per heavy atom. The number of thioether (sulfide) groups is 1. The molecule has 0 bridgehead atoms. The van der Waals surface area contributed by atoms with Crippen LogP contribution in [0.2, 0.25) is 15.1 Å². The number of benzene rings is 2. The standard InChI is InChI=1S/C25H22Cl3N3O5S/c1-4-36-22-16(27)8-13(9-17(22)28)20-14(10-29)24(31-23(33)21(20)25(34)35-3)37-11-19(32)30-18-7-5-6-15(26)12(18)2/h5-9,20-21H,4,11H2,1-3H3,(H,30,32)(H,31,33)/t20-,21+/m0/s1. The van der Waals surface area contributed by atoms with Gasteiger partial charge in [-0.3, -0.25) is 14.4 Å². The number of nitriles is 1. The number of hydrogen-bond donors (Lipinski definition) is 2. The maximum atomic E-state index is 13.0. The molecule has 0 saturated heterocycles. The number of ether oxygens (including phenoxy) is 2. The summed E-state index contributed by atoms with van der Waals surface area (Å²) in [6.07, 6.45) is 0. The third-order valence-electron chi connectivity index (χ3n) is 5.54. The number of nitrogens with one attached hydrogen (secondary N) is 2. The van der Waals surface area contributed by atoms with Crippen molar-refractivity contribution in [1.29, 1.82) is 5.26 Å². The van der Waals surface area contributed by atoms with E-state index in [4.69, 9.17) is 44.3 Å². The van der Waals surface area contributed by atoms with Gasteiger partial charge in [-0.2, -0.15) is 5.26 Å². The van der Waals surface area contributed by atoms with Gasteiger partial charge in [0.15, 0.2) is 5.75 Å². The van der Waals surface area contributed by atoms with E-state index in [9.17, 15) is 19.6 Å². The number of nitrogens with zero attached hydrogens (tertiary/aromatic N) is 1. The van der Waals surface area contributed by atoms with Crippen LogP contribution < -0.4 is 15.4 Å². The molecule has 1 heterocycles. The Morgan fingerprint density at radius 2 is 1.86 bits per heavy atom. The molecule has 1 aliphatic heterocycles. The lowest BCUT2D eigenvalue weighted by Gasteiger charge is -2.31. The van der Waals surface area contributed by atoms with E-state index in [2.05, 4.69) is 16.7 Å². The van der Waals surface area contributed by atoms with E-state index in [-0.39, 0.29) is 38.1 Å². The summed E-state index contributed by atoms with van der Waals surface area (Å²) in [7, 11) is 1.15. The van der Waals surface area contributed by atoms with Crippen molar-refractivity contribution >= 4 is 70.0 Å². The largest absolute Gasteiger partial charge is 0.491 e. The number of carbonyl (C=O) groups is 3. The first-order valence-corrected chi connectivity index (χ1v) is 13.1. The molecule has 0 saturated carbocycles. The van der Waals surface area contributed by atoms with Crippen LogP contribution in [0.3, 0.4) is 0 Å². The van der Waals surface area contributed by atoms with Gasteiger partial charge in [0.05, 0.1) is 46.2 Å². The first-order valence-electron chi connectivity index (χ1n) is 10.9. The molecule has 2 aromatic carbocycles. The molecule has 8 nitrogen and oxygen atoms in total. The van der Waals surface area contributed by atoms with E-state index in [1.807, 2.05) is 0 Å². The Hall–Kier alpha value is -2.90. The predicted octanol–water partition coefficient (Wildman–Crippen LogP) is 5.46. The van der Waals surface area contributed by atoms with Gasteiger partial charge in [0, 0.05) is 16.6 Å². The highest BCUT2D eigenvalue weighted by Gasteiger charge is 2.44. The van der Waals surface area contributed by atoms with Gasteiger partial charge in [0.25, 0.3) is 0 Å². The van der Waals surface area contributed by atoms with Crippen molar-refractivity contribution in [3.8, 4) is 11.8 Å². The molecule has 2 aromatic rings. The lowest BCUT2D eigenvalue weighted by Crippen LogP contribution is -2.44. The number of anilines is 1. The molecule has 12 heteroatoms. The van der Waals surface area contributed by atoms with Crippen LogP contribution >= 0.6 is 46.6 Å². The second kappa shape index (κ2) is 12.6. The minimum atomic E-state index is -1.38. The highest BCUT2D eigenvalue weighted by Crippen LogP contribution is 2.44. The molecule has 2 atom stereocenters. The lowest BCUT2D eigenvalue weighted by atomic mass is 9.78. The van der Waals surface area contributed by atoms with Crippen LogP contribution in [-0.4, -0.2) is 37.3 Å². The molecule has 37 heavy (non-hydrogen) atoms. The van der Waals surface area contributed by atoms with Crippen LogP contribution in [0, 0.1) is 24.2 Å². The molecule has 0 fully saturated rings. The van der Waals surface area contributed by atoms with E-state index >= 15 is 0 Å². The molecule has 1 aliphatic rings. The van der Waals surface area contributed by atoms with E-state index < -0.39 is 23.7 Å². The lowest BCUT2D eigenvalue weighted by molar-refractivity contribution is -0.150. The van der Waals surface area contributed by atoms with Gasteiger partial charge in [-0.05, 0) is 49.2 Å². The first-order chi connectivity index (χ1) is 17.6. The summed E-state index contributed by atoms with van der Waals surface area (Å²) >= 11 is 19.8. The van der Waals surface area contributed by atoms with Crippen LogP contribution in [-0.2, 0) is 19.1 Å². The minimum absolute atomic E-state index is 0.0584. The van der Waals surface area contributed by atoms with Crippen molar-refractivity contribution in [1.82, 2.24) is 5.32 Å². The molecule has 0 aliphatic carbocycles. The van der Waals surface area contributed by atoms with Crippen LogP contribution in [0.25, 0.3) is 0 Å². The van der Waals surface area contributed by atoms with Crippen molar-refractivity contribution < 1.29 is 23.9 Å². The van der Waals surface area contributed by atoms with Crippen molar-refractivity contribution in [3.63, 3.8) is 0 Å². The topological polar surface area (TPSA) is 118 Å². The van der Waals surface area contributed by atoms with Gasteiger partial charge >= 0.3 is 5.97 Å². The van der Waals surface area contributed by atoms with Crippen LogP contribution in [0.1, 0.15) is 24.0 Å². The van der Waals surface area contributed by atoms with Crippen molar-refractivity contribution in [2.24, 2.45) is 5.92 Å². The molecule has 3 rings (SSSR count). The quantitative estimate of drug-likeness (QED) is 0.313. The number of esters is 1. The smallest absolute Gasteiger partial charge is 0.319 e. The molecule has 0 radical (unpaired) electrons. The molecule has 0 aromatic heterocycles. The Labute approximate surface area is 233 Å². The summed E-state index contributed by atoms with van der Waals surface area (Å²) in [5.41, 5.74) is 1.65. The van der Waals surface area contributed by atoms with Crippen molar-refractivity contribution in [3.05, 3.63) is 67.1 Å². The van der Waals surface area contributed by atoms with Crippen LogP contribution in [0.15, 0.2) is 40.9 Å². The second-order valence-corrected chi connectivity index (χ2v) is 10.0. The summed E-state index contributed by atoms with van der Waals surface area (Å²) in [6, 6.07) is 10.2. The number of allylic oxidation sites excluding steroid dienone is 1. The number of methoxy groups -OCH3 is 1. The van der Waals surface area contributed by atoms with Gasteiger partial charge in [-0.25, -0.2) is 0 Å². The molecule has 0 spiro atoms. The fourth-order valence-electron chi connectivity index (χ4n) is 3.79. The number of halogens is 3. The fourth-order valence-corrected chi connectivity index (χ4v) is 5.42. The minimum Gasteiger partial charge on any atom is -0.491 e. The Balaban J connectivity index is 1.97. The predicted molar refractivity (Wildman–Crippen MR) is 144 cm³/mol. The SMILES string of the molecule is CCOc1c(Cl)cc([C@H]2C(C#N)=C(SCC(=O)Nc3cccc(Cl)c3C)NC(=O)[C@@H]2C(=O)OC)cc1Cl. The summed E-state index contributed by atoms with van der Waals surface area (Å²) in [6.45, 7) is 3.85.